The van der Waals surface area contributed by atoms with E-state index in [1.165, 1.54) is 18.9 Å². The zero-order valence-corrected chi connectivity index (χ0v) is 15.4. The third-order valence-electron chi connectivity index (χ3n) is 5.86. The summed E-state index contributed by atoms with van der Waals surface area (Å²) in [4.78, 5) is 14.6. The summed E-state index contributed by atoms with van der Waals surface area (Å²) >= 11 is 0. The summed E-state index contributed by atoms with van der Waals surface area (Å²) in [6.07, 6.45) is 0.549. The number of nitrogens with one attached hydrogen (secondary N) is 1. The molecule has 0 radical (unpaired) electrons. The molecule has 144 valence electrons. The summed E-state index contributed by atoms with van der Waals surface area (Å²) in [7, 11) is 0. The first-order valence-electron chi connectivity index (χ1n) is 9.50. The Morgan fingerprint density at radius 3 is 2.50 bits per heavy atom. The molecule has 2 fully saturated rings. The molecule has 3 unspecified atom stereocenters. The number of alkyl halides is 3. The Morgan fingerprint density at radius 2 is 1.92 bits per heavy atom. The van der Waals surface area contributed by atoms with Gasteiger partial charge in [-0.25, -0.2) is 0 Å². The van der Waals surface area contributed by atoms with E-state index < -0.39 is 11.7 Å². The lowest BCUT2D eigenvalue weighted by Gasteiger charge is -2.33. The molecule has 6 heteroatoms. The molecular formula is C20H27F3N2O. The smallest absolute Gasteiger partial charge is 0.336 e. The molecule has 0 aromatic heterocycles. The number of carbonyl (C=O) groups excluding carboxylic acids is 1. The van der Waals surface area contributed by atoms with E-state index >= 15 is 0 Å². The van der Waals surface area contributed by atoms with E-state index in [0.29, 0.717) is 36.5 Å². The number of hydrogen-bond acceptors (Lipinski definition) is 2. The number of piperidine rings is 1. The van der Waals surface area contributed by atoms with Crippen molar-refractivity contribution in [3.05, 3.63) is 35.4 Å². The molecule has 26 heavy (non-hydrogen) atoms. The molecule has 3 rings (SSSR count). The molecule has 1 N–H and O–H groups in total. The molecule has 0 aliphatic carbocycles. The molecule has 3 nitrogen and oxygen atoms in total. The van der Waals surface area contributed by atoms with Crippen LogP contribution in [0, 0.1) is 5.92 Å². The topological polar surface area (TPSA) is 32.3 Å². The monoisotopic (exact) mass is 368 g/mol. The number of carbonyl (C=O) groups is 1. The minimum absolute atomic E-state index is 0.0451. The summed E-state index contributed by atoms with van der Waals surface area (Å²) in [5.41, 5.74) is -0.138. The lowest BCUT2D eigenvalue weighted by atomic mass is 9.89. The third kappa shape index (κ3) is 4.22. The predicted octanol–water partition coefficient (Wildman–Crippen LogP) is 4.54. The maximum absolute atomic E-state index is 13.0. The first-order chi connectivity index (χ1) is 12.3. The van der Waals surface area contributed by atoms with Crippen molar-refractivity contribution in [3.8, 4) is 0 Å². The standard InChI is InChI=1S/C20H27F3N2O/c1-3-25(13(2)15-5-4-6-16(12-15)20(21,22)23)19(26)11-14-9-17-7-8-18(10-14)24-17/h4-6,12-14,17-18,24H,3,7-11H2,1-2H3. The van der Waals surface area contributed by atoms with Gasteiger partial charge in [0.25, 0.3) is 0 Å². The second-order valence-electron chi connectivity index (χ2n) is 7.66. The van der Waals surface area contributed by atoms with Crippen LogP contribution in [0.2, 0.25) is 0 Å². The molecule has 3 atom stereocenters. The van der Waals surface area contributed by atoms with Crippen LogP contribution < -0.4 is 5.32 Å². The molecule has 1 aromatic carbocycles. The van der Waals surface area contributed by atoms with Gasteiger partial charge in [0.1, 0.15) is 0 Å². The van der Waals surface area contributed by atoms with E-state index in [2.05, 4.69) is 5.32 Å². The average molecular weight is 368 g/mol. The van der Waals surface area contributed by atoms with E-state index in [9.17, 15) is 18.0 Å². The van der Waals surface area contributed by atoms with Crippen LogP contribution in [0.5, 0.6) is 0 Å². The summed E-state index contributed by atoms with van der Waals surface area (Å²) in [5.74, 6) is 0.424. The molecule has 2 aliphatic rings. The summed E-state index contributed by atoms with van der Waals surface area (Å²) in [6, 6.07) is 6.00. The second kappa shape index (κ2) is 7.59. The maximum atomic E-state index is 13.0. The normalized spacial score (nSPS) is 26.6. The summed E-state index contributed by atoms with van der Waals surface area (Å²) < 4.78 is 38.9. The van der Waals surface area contributed by atoms with Gasteiger partial charge < -0.3 is 10.2 Å². The van der Waals surface area contributed by atoms with Gasteiger partial charge in [-0.05, 0) is 63.1 Å². The van der Waals surface area contributed by atoms with Crippen molar-refractivity contribution in [2.75, 3.05) is 6.54 Å². The van der Waals surface area contributed by atoms with E-state index in [4.69, 9.17) is 0 Å². The van der Waals surface area contributed by atoms with Gasteiger partial charge in [-0.2, -0.15) is 13.2 Å². The lowest BCUT2D eigenvalue weighted by Crippen LogP contribution is -2.41. The van der Waals surface area contributed by atoms with Crippen molar-refractivity contribution >= 4 is 5.91 Å². The first kappa shape index (κ1) is 19.2. The highest BCUT2D eigenvalue weighted by Crippen LogP contribution is 2.35. The zero-order valence-electron chi connectivity index (χ0n) is 15.4. The minimum atomic E-state index is -4.37. The first-order valence-corrected chi connectivity index (χ1v) is 9.50. The van der Waals surface area contributed by atoms with Gasteiger partial charge in [0.15, 0.2) is 0 Å². The van der Waals surface area contributed by atoms with Gasteiger partial charge in [-0.15, -0.1) is 0 Å². The van der Waals surface area contributed by atoms with Crippen molar-refractivity contribution in [2.45, 2.75) is 70.3 Å². The number of nitrogens with zero attached hydrogens (tertiary/aromatic N) is 1. The molecule has 2 heterocycles. The van der Waals surface area contributed by atoms with E-state index in [1.807, 2.05) is 13.8 Å². The van der Waals surface area contributed by atoms with Crippen molar-refractivity contribution in [1.29, 1.82) is 0 Å². The number of benzene rings is 1. The SMILES string of the molecule is CCN(C(=O)CC1CC2CCC(C1)N2)C(C)c1cccc(C(F)(F)F)c1. The van der Waals surface area contributed by atoms with Crippen molar-refractivity contribution in [3.63, 3.8) is 0 Å². The Morgan fingerprint density at radius 1 is 1.27 bits per heavy atom. The van der Waals surface area contributed by atoms with Crippen LogP contribution in [-0.4, -0.2) is 29.4 Å². The molecule has 2 bridgehead atoms. The number of halogens is 3. The largest absolute Gasteiger partial charge is 0.416 e. The third-order valence-corrected chi connectivity index (χ3v) is 5.86. The van der Waals surface area contributed by atoms with Crippen LogP contribution in [0.3, 0.4) is 0 Å². The number of rotatable bonds is 5. The van der Waals surface area contributed by atoms with Gasteiger partial charge in [-0.1, -0.05) is 12.1 Å². The molecule has 1 aromatic rings. The average Bonchev–Trinajstić information content (AvgIpc) is 2.93. The van der Waals surface area contributed by atoms with Crippen LogP contribution in [0.15, 0.2) is 24.3 Å². The molecule has 2 saturated heterocycles. The van der Waals surface area contributed by atoms with Crippen molar-refractivity contribution < 1.29 is 18.0 Å². The van der Waals surface area contributed by atoms with Crippen LogP contribution in [0.4, 0.5) is 13.2 Å². The summed E-state index contributed by atoms with van der Waals surface area (Å²) in [5, 5.41) is 3.57. The van der Waals surface area contributed by atoms with E-state index in [1.54, 1.807) is 11.0 Å². The Balaban J connectivity index is 1.68. The van der Waals surface area contributed by atoms with Gasteiger partial charge in [0.2, 0.25) is 5.91 Å². The summed E-state index contributed by atoms with van der Waals surface area (Å²) in [6.45, 7) is 4.19. The second-order valence-corrected chi connectivity index (χ2v) is 7.66. The maximum Gasteiger partial charge on any atom is 0.416 e. The fourth-order valence-electron chi connectivity index (χ4n) is 4.53. The predicted molar refractivity (Wildman–Crippen MR) is 94.5 cm³/mol. The Labute approximate surface area is 152 Å². The van der Waals surface area contributed by atoms with Crippen molar-refractivity contribution in [2.24, 2.45) is 5.92 Å². The van der Waals surface area contributed by atoms with Crippen LogP contribution in [-0.2, 0) is 11.0 Å². The Kier molecular flexibility index (Phi) is 5.61. The number of hydrogen-bond donors (Lipinski definition) is 1. The van der Waals surface area contributed by atoms with Gasteiger partial charge in [0.05, 0.1) is 11.6 Å². The fraction of sp³-hybridized carbons (Fsp3) is 0.650. The van der Waals surface area contributed by atoms with Gasteiger partial charge in [0, 0.05) is 25.0 Å². The Hall–Kier alpha value is -1.56. The van der Waals surface area contributed by atoms with Gasteiger partial charge in [-0.3, -0.25) is 4.79 Å². The van der Waals surface area contributed by atoms with E-state index in [-0.39, 0.29) is 11.9 Å². The molecule has 1 amide bonds. The lowest BCUT2D eigenvalue weighted by molar-refractivity contribution is -0.137. The number of fused-ring (bicyclic) bond motifs is 2. The highest BCUT2D eigenvalue weighted by Gasteiger charge is 2.35. The highest BCUT2D eigenvalue weighted by atomic mass is 19.4. The zero-order chi connectivity index (χ0) is 18.9. The number of amides is 1. The van der Waals surface area contributed by atoms with E-state index in [0.717, 1.165) is 25.0 Å². The van der Waals surface area contributed by atoms with Crippen LogP contribution in [0.1, 0.15) is 63.1 Å². The quantitative estimate of drug-likeness (QED) is 0.828. The van der Waals surface area contributed by atoms with Crippen molar-refractivity contribution in [1.82, 2.24) is 10.2 Å². The minimum Gasteiger partial charge on any atom is -0.336 e. The fourth-order valence-corrected chi connectivity index (χ4v) is 4.53. The van der Waals surface area contributed by atoms with Gasteiger partial charge >= 0.3 is 6.18 Å². The Bertz CT molecular complexity index is 634. The van der Waals surface area contributed by atoms with Crippen LogP contribution >= 0.6 is 0 Å². The molecule has 2 aliphatic heterocycles. The van der Waals surface area contributed by atoms with Crippen LogP contribution in [0.25, 0.3) is 0 Å². The molecule has 0 saturated carbocycles. The molecular weight excluding hydrogens is 341 g/mol. The molecule has 0 spiro atoms. The highest BCUT2D eigenvalue weighted by molar-refractivity contribution is 5.77.